The number of nitrogens with two attached hydrogens (primary N) is 1. The van der Waals surface area contributed by atoms with Crippen molar-refractivity contribution in [2.45, 2.75) is 57.7 Å². The van der Waals surface area contributed by atoms with Crippen LogP contribution in [0.5, 0.6) is 0 Å². The Morgan fingerprint density at radius 3 is 2.56 bits per heavy atom. The van der Waals surface area contributed by atoms with Gasteiger partial charge < -0.3 is 25.5 Å². The molecule has 0 fully saturated rings. The van der Waals surface area contributed by atoms with Crippen LogP contribution in [-0.4, -0.2) is 40.2 Å². The van der Waals surface area contributed by atoms with Gasteiger partial charge in [-0.1, -0.05) is 28.1 Å². The van der Waals surface area contributed by atoms with Crippen molar-refractivity contribution < 1.29 is 23.9 Å². The Hall–Kier alpha value is -3.93. The lowest BCUT2D eigenvalue weighted by atomic mass is 9.82. The summed E-state index contributed by atoms with van der Waals surface area (Å²) in [7, 11) is 1.20. The molecule has 2 aromatic carbocycles. The highest BCUT2D eigenvalue weighted by Crippen LogP contribution is 2.39. The Bertz CT molecular complexity index is 1600. The SMILES string of the molecule is COC(=O)c1cc(CNC(=O)OC(C)(C)C)ccc1C(C(N)=O)C1CCc2cc(Br)cc3[nH]c(=O)c(=O)n1c23. The molecule has 1 aromatic heterocycles. The molecule has 0 bridgehead atoms. The number of nitrogens with zero attached hydrogens (tertiary/aromatic N) is 1. The number of H-pyrrole nitrogens is 1. The summed E-state index contributed by atoms with van der Waals surface area (Å²) in [6.07, 6.45) is 0.186. The second-order valence-corrected chi connectivity index (χ2v) is 11.3. The second-order valence-electron chi connectivity index (χ2n) is 10.3. The molecule has 39 heavy (non-hydrogen) atoms. The molecule has 12 heteroatoms. The first kappa shape index (κ1) is 28.1. The van der Waals surface area contributed by atoms with E-state index in [-0.39, 0.29) is 17.7 Å². The minimum Gasteiger partial charge on any atom is -0.465 e. The van der Waals surface area contributed by atoms with Gasteiger partial charge in [-0.3, -0.25) is 19.0 Å². The van der Waals surface area contributed by atoms with E-state index in [0.29, 0.717) is 29.4 Å². The van der Waals surface area contributed by atoms with E-state index < -0.39 is 46.6 Å². The lowest BCUT2D eigenvalue weighted by Gasteiger charge is -2.33. The predicted octanol–water partition coefficient (Wildman–Crippen LogP) is 3.02. The second kappa shape index (κ2) is 10.7. The van der Waals surface area contributed by atoms with Gasteiger partial charge in [-0.2, -0.15) is 0 Å². The van der Waals surface area contributed by atoms with Crippen LogP contribution in [0, 0.1) is 0 Å². The van der Waals surface area contributed by atoms with E-state index in [1.54, 1.807) is 39.0 Å². The lowest BCUT2D eigenvalue weighted by molar-refractivity contribution is -0.120. The van der Waals surface area contributed by atoms with Crippen LogP contribution in [0.2, 0.25) is 0 Å². The number of hydrogen-bond donors (Lipinski definition) is 3. The number of aryl methyl sites for hydroxylation is 1. The van der Waals surface area contributed by atoms with Gasteiger partial charge in [-0.15, -0.1) is 0 Å². The Labute approximate surface area is 231 Å². The van der Waals surface area contributed by atoms with Gasteiger partial charge in [-0.05, 0) is 68.5 Å². The molecule has 0 spiro atoms. The van der Waals surface area contributed by atoms with E-state index >= 15 is 0 Å². The number of ether oxygens (including phenoxy) is 2. The van der Waals surface area contributed by atoms with Crippen molar-refractivity contribution in [2.75, 3.05) is 7.11 Å². The van der Waals surface area contributed by atoms with Crippen LogP contribution in [-0.2, 0) is 27.2 Å². The molecular weight excluding hydrogens is 572 g/mol. The zero-order chi connectivity index (χ0) is 28.6. The molecule has 0 saturated heterocycles. The van der Waals surface area contributed by atoms with Crippen LogP contribution in [0.3, 0.4) is 0 Å². The van der Waals surface area contributed by atoms with Gasteiger partial charge in [-0.25, -0.2) is 9.59 Å². The monoisotopic (exact) mass is 600 g/mol. The average Bonchev–Trinajstić information content (AvgIpc) is 2.85. The standard InChI is InChI=1S/C27H29BrN4O7/c1-27(2,3)39-26(37)30-12-13-5-7-16(17(9-13)25(36)38-4)20(22(29)33)19-8-6-14-10-15(28)11-18-21(14)32(19)24(35)23(34)31-18/h5,7,9-11,19-20H,6,8,12H2,1-4H3,(H2,29,33)(H,30,37)(H,31,34). The number of carbonyl (C=O) groups is 3. The number of aromatic amines is 1. The smallest absolute Gasteiger partial charge is 0.407 e. The summed E-state index contributed by atoms with van der Waals surface area (Å²) in [5.74, 6) is -2.63. The van der Waals surface area contributed by atoms with Gasteiger partial charge in [0.1, 0.15) is 5.60 Å². The Kier molecular flexibility index (Phi) is 7.69. The van der Waals surface area contributed by atoms with Gasteiger partial charge in [0.2, 0.25) is 5.91 Å². The molecule has 0 radical (unpaired) electrons. The third-order valence-electron chi connectivity index (χ3n) is 6.48. The van der Waals surface area contributed by atoms with Crippen LogP contribution in [0.15, 0.2) is 44.4 Å². The number of rotatable bonds is 6. The van der Waals surface area contributed by atoms with E-state index in [1.165, 1.54) is 17.7 Å². The number of primary amides is 1. The van der Waals surface area contributed by atoms with E-state index in [9.17, 15) is 24.0 Å². The van der Waals surface area contributed by atoms with Crippen molar-refractivity contribution in [1.29, 1.82) is 0 Å². The molecule has 4 N–H and O–H groups in total. The maximum atomic E-state index is 13.1. The average molecular weight is 601 g/mol. The maximum Gasteiger partial charge on any atom is 0.407 e. The minimum atomic E-state index is -1.13. The van der Waals surface area contributed by atoms with Gasteiger partial charge >= 0.3 is 23.2 Å². The molecule has 2 amide bonds. The number of esters is 1. The third-order valence-corrected chi connectivity index (χ3v) is 6.94. The molecule has 4 rings (SSSR count). The summed E-state index contributed by atoms with van der Waals surface area (Å²) in [5, 5.41) is 2.62. The molecule has 3 aromatic rings. The number of halogens is 1. The number of methoxy groups -OCH3 is 1. The Balaban J connectivity index is 1.81. The zero-order valence-electron chi connectivity index (χ0n) is 21.9. The van der Waals surface area contributed by atoms with Crippen LogP contribution < -0.4 is 22.2 Å². The van der Waals surface area contributed by atoms with E-state index in [2.05, 4.69) is 26.2 Å². The molecule has 2 unspecified atom stereocenters. The van der Waals surface area contributed by atoms with Crippen molar-refractivity contribution in [3.05, 3.63) is 77.8 Å². The number of amides is 2. The molecular formula is C27H29BrN4O7. The number of carbonyl (C=O) groups excluding carboxylic acids is 3. The van der Waals surface area contributed by atoms with Crippen LogP contribution in [0.1, 0.15) is 66.2 Å². The first-order chi connectivity index (χ1) is 18.3. The van der Waals surface area contributed by atoms with Crippen molar-refractivity contribution in [3.8, 4) is 0 Å². The fourth-order valence-electron chi connectivity index (χ4n) is 4.99. The highest BCUT2D eigenvalue weighted by Gasteiger charge is 2.37. The summed E-state index contributed by atoms with van der Waals surface area (Å²) >= 11 is 3.43. The summed E-state index contributed by atoms with van der Waals surface area (Å²) in [6.45, 7) is 5.26. The minimum absolute atomic E-state index is 0.0419. The lowest BCUT2D eigenvalue weighted by Crippen LogP contribution is -2.44. The molecule has 206 valence electrons. The van der Waals surface area contributed by atoms with Crippen LogP contribution >= 0.6 is 15.9 Å². The fraction of sp³-hybridized carbons (Fsp3) is 0.370. The van der Waals surface area contributed by atoms with Crippen molar-refractivity contribution >= 4 is 44.9 Å². The predicted molar refractivity (Wildman–Crippen MR) is 147 cm³/mol. The molecule has 11 nitrogen and oxygen atoms in total. The largest absolute Gasteiger partial charge is 0.465 e. The molecule has 1 aliphatic rings. The normalized spacial score (nSPS) is 15.5. The van der Waals surface area contributed by atoms with Gasteiger partial charge in [0.05, 0.1) is 35.7 Å². The number of alkyl carbamates (subject to hydrolysis) is 1. The summed E-state index contributed by atoms with van der Waals surface area (Å²) < 4.78 is 12.3. The van der Waals surface area contributed by atoms with Crippen LogP contribution in [0.4, 0.5) is 4.79 Å². The first-order valence-corrected chi connectivity index (χ1v) is 13.0. The number of nitrogens with one attached hydrogen (secondary N) is 2. The highest BCUT2D eigenvalue weighted by atomic mass is 79.9. The zero-order valence-corrected chi connectivity index (χ0v) is 23.5. The topological polar surface area (TPSA) is 163 Å². The maximum absolute atomic E-state index is 13.1. The third kappa shape index (κ3) is 5.75. The van der Waals surface area contributed by atoms with Crippen molar-refractivity contribution in [3.63, 3.8) is 0 Å². The molecule has 1 aliphatic heterocycles. The van der Waals surface area contributed by atoms with E-state index in [4.69, 9.17) is 15.2 Å². The fourth-order valence-corrected chi connectivity index (χ4v) is 5.49. The quantitative estimate of drug-likeness (QED) is 0.289. The van der Waals surface area contributed by atoms with Gasteiger partial charge in [0.25, 0.3) is 0 Å². The molecule has 0 saturated carbocycles. The summed E-state index contributed by atoms with van der Waals surface area (Å²) in [6, 6.07) is 7.41. The van der Waals surface area contributed by atoms with Crippen LogP contribution in [0.25, 0.3) is 11.0 Å². The first-order valence-electron chi connectivity index (χ1n) is 12.2. The highest BCUT2D eigenvalue weighted by molar-refractivity contribution is 9.10. The number of benzene rings is 2. The molecule has 2 atom stereocenters. The van der Waals surface area contributed by atoms with Crippen molar-refractivity contribution in [2.24, 2.45) is 5.73 Å². The Morgan fingerprint density at radius 1 is 1.21 bits per heavy atom. The Morgan fingerprint density at radius 2 is 1.92 bits per heavy atom. The van der Waals surface area contributed by atoms with E-state index in [0.717, 1.165) is 10.0 Å². The van der Waals surface area contributed by atoms with Crippen molar-refractivity contribution in [1.82, 2.24) is 14.9 Å². The van der Waals surface area contributed by atoms with Gasteiger partial charge in [0, 0.05) is 11.0 Å². The van der Waals surface area contributed by atoms with Gasteiger partial charge in [0.15, 0.2) is 0 Å². The number of aromatic nitrogens is 2. The number of hydrogen-bond acceptors (Lipinski definition) is 7. The molecule has 0 aliphatic carbocycles. The van der Waals surface area contributed by atoms with E-state index in [1.807, 2.05) is 6.07 Å². The summed E-state index contributed by atoms with van der Waals surface area (Å²) in [5.41, 5.74) is 6.17. The summed E-state index contributed by atoms with van der Waals surface area (Å²) in [4.78, 5) is 66.2. The molecule has 2 heterocycles.